The van der Waals surface area contributed by atoms with Gasteiger partial charge in [0.2, 0.25) is 0 Å². The van der Waals surface area contributed by atoms with Gasteiger partial charge in [-0.25, -0.2) is 0 Å². The Morgan fingerprint density at radius 2 is 2.16 bits per heavy atom. The Hall–Kier alpha value is -1.81. The second-order valence-electron chi connectivity index (χ2n) is 4.91. The summed E-state index contributed by atoms with van der Waals surface area (Å²) in [6, 6.07) is 6.35. The lowest BCUT2D eigenvalue weighted by molar-refractivity contribution is 0.481. The first-order chi connectivity index (χ1) is 9.08. The average Bonchev–Trinajstić information content (AvgIpc) is 2.78. The Morgan fingerprint density at radius 3 is 2.74 bits per heavy atom. The van der Waals surface area contributed by atoms with Gasteiger partial charge in [-0.15, -0.1) is 0 Å². The minimum absolute atomic E-state index is 0.226. The van der Waals surface area contributed by atoms with E-state index in [1.807, 2.05) is 25.4 Å². The van der Waals surface area contributed by atoms with Crippen molar-refractivity contribution in [1.82, 2.24) is 9.78 Å². The van der Waals surface area contributed by atoms with Crippen LogP contribution >= 0.6 is 0 Å². The molecule has 1 aromatic heterocycles. The van der Waals surface area contributed by atoms with Gasteiger partial charge in [-0.1, -0.05) is 13.0 Å². The van der Waals surface area contributed by atoms with Crippen LogP contribution in [-0.4, -0.2) is 15.8 Å². The summed E-state index contributed by atoms with van der Waals surface area (Å²) in [6.45, 7) is 4.20. The molecule has 1 unspecified atom stereocenters. The minimum atomic E-state index is 0.226. The highest BCUT2D eigenvalue weighted by molar-refractivity contribution is 5.37. The van der Waals surface area contributed by atoms with Crippen LogP contribution in [0.3, 0.4) is 0 Å². The third-order valence-electron chi connectivity index (χ3n) is 3.24. The summed E-state index contributed by atoms with van der Waals surface area (Å²) in [7, 11) is 1.87. The van der Waals surface area contributed by atoms with Crippen LogP contribution in [0.4, 0.5) is 0 Å². The van der Waals surface area contributed by atoms with Gasteiger partial charge in [0.15, 0.2) is 5.75 Å². The minimum Gasteiger partial charge on any atom is -0.454 e. The quantitative estimate of drug-likeness (QED) is 0.898. The van der Waals surface area contributed by atoms with Gasteiger partial charge in [0.05, 0.1) is 12.4 Å². The molecule has 19 heavy (non-hydrogen) atoms. The van der Waals surface area contributed by atoms with Gasteiger partial charge < -0.3 is 10.5 Å². The first-order valence-electron chi connectivity index (χ1n) is 6.60. The molecule has 0 aliphatic heterocycles. The third kappa shape index (κ3) is 3.58. The van der Waals surface area contributed by atoms with Crippen molar-refractivity contribution in [2.24, 2.45) is 12.8 Å². The van der Waals surface area contributed by atoms with Crippen molar-refractivity contribution < 1.29 is 4.74 Å². The van der Waals surface area contributed by atoms with Crippen molar-refractivity contribution >= 4 is 0 Å². The van der Waals surface area contributed by atoms with Gasteiger partial charge >= 0.3 is 0 Å². The van der Waals surface area contributed by atoms with E-state index in [2.05, 4.69) is 25.0 Å². The highest BCUT2D eigenvalue weighted by Crippen LogP contribution is 2.24. The Balaban J connectivity index is 2.10. The van der Waals surface area contributed by atoms with E-state index in [1.165, 1.54) is 11.1 Å². The number of ether oxygens (including phenoxy) is 1. The van der Waals surface area contributed by atoms with E-state index in [-0.39, 0.29) is 6.04 Å². The molecule has 0 amide bonds. The summed E-state index contributed by atoms with van der Waals surface area (Å²) < 4.78 is 7.47. The smallest absolute Gasteiger partial charge is 0.165 e. The maximum absolute atomic E-state index is 6.00. The molecule has 0 spiro atoms. The molecule has 2 aromatic rings. The lowest BCUT2D eigenvalue weighted by Gasteiger charge is -2.12. The van der Waals surface area contributed by atoms with Crippen LogP contribution in [0.2, 0.25) is 0 Å². The predicted molar refractivity (Wildman–Crippen MR) is 76.4 cm³/mol. The van der Waals surface area contributed by atoms with Gasteiger partial charge in [0.25, 0.3) is 0 Å². The Labute approximate surface area is 114 Å². The topological polar surface area (TPSA) is 53.1 Å². The van der Waals surface area contributed by atoms with Gasteiger partial charge in [-0.3, -0.25) is 4.68 Å². The number of hydrogen-bond donors (Lipinski definition) is 1. The third-order valence-corrected chi connectivity index (χ3v) is 3.24. The number of hydrogen-bond acceptors (Lipinski definition) is 3. The highest BCUT2D eigenvalue weighted by atomic mass is 16.5. The van der Waals surface area contributed by atoms with Crippen LogP contribution in [0.15, 0.2) is 30.6 Å². The molecule has 0 bridgehead atoms. The summed E-state index contributed by atoms with van der Waals surface area (Å²) in [5.41, 5.74) is 8.49. The first-order valence-corrected chi connectivity index (χ1v) is 6.60. The standard InChI is InChI=1S/C15H21N3O/c1-4-13(16)8-12-5-6-14(7-11(12)2)19-15-9-17-18(3)10-15/h5-7,9-10,13H,4,8,16H2,1-3H3. The van der Waals surface area contributed by atoms with Crippen molar-refractivity contribution in [1.29, 1.82) is 0 Å². The highest BCUT2D eigenvalue weighted by Gasteiger charge is 2.06. The molecule has 0 fully saturated rings. The number of rotatable bonds is 5. The fraction of sp³-hybridized carbons (Fsp3) is 0.400. The van der Waals surface area contributed by atoms with Crippen LogP contribution in [0.1, 0.15) is 24.5 Å². The SMILES string of the molecule is CCC(N)Cc1ccc(Oc2cnn(C)c2)cc1C. The molecule has 0 aliphatic rings. The largest absolute Gasteiger partial charge is 0.454 e. The maximum Gasteiger partial charge on any atom is 0.165 e. The Kier molecular flexibility index (Phi) is 4.22. The molecule has 1 aromatic carbocycles. The number of nitrogens with zero attached hydrogens (tertiary/aromatic N) is 2. The Bertz CT molecular complexity index is 548. The van der Waals surface area contributed by atoms with Gasteiger partial charge in [0.1, 0.15) is 5.75 Å². The molecule has 2 rings (SSSR count). The van der Waals surface area contributed by atoms with Gasteiger partial charge in [-0.2, -0.15) is 5.10 Å². The molecule has 2 N–H and O–H groups in total. The molecular weight excluding hydrogens is 238 g/mol. The van der Waals surface area contributed by atoms with Crippen LogP contribution in [-0.2, 0) is 13.5 Å². The fourth-order valence-electron chi connectivity index (χ4n) is 1.98. The number of aromatic nitrogens is 2. The summed E-state index contributed by atoms with van der Waals surface area (Å²) in [4.78, 5) is 0. The molecule has 4 nitrogen and oxygen atoms in total. The van der Waals surface area contributed by atoms with Crippen LogP contribution in [0.25, 0.3) is 0 Å². The van der Waals surface area contributed by atoms with Gasteiger partial charge in [-0.05, 0) is 43.0 Å². The van der Waals surface area contributed by atoms with Crippen LogP contribution < -0.4 is 10.5 Å². The number of aryl methyl sites for hydroxylation is 2. The molecular formula is C15H21N3O. The zero-order valence-corrected chi connectivity index (χ0v) is 11.8. The molecule has 4 heteroatoms. The number of nitrogens with two attached hydrogens (primary N) is 1. The van der Waals surface area contributed by atoms with E-state index in [0.29, 0.717) is 0 Å². The molecule has 102 valence electrons. The van der Waals surface area contributed by atoms with Crippen LogP contribution in [0, 0.1) is 6.92 Å². The summed E-state index contributed by atoms with van der Waals surface area (Å²) in [5, 5.41) is 4.08. The van der Waals surface area contributed by atoms with E-state index >= 15 is 0 Å². The van der Waals surface area contributed by atoms with Crippen molar-refractivity contribution in [3.63, 3.8) is 0 Å². The second kappa shape index (κ2) is 5.89. The van der Waals surface area contributed by atoms with E-state index in [1.54, 1.807) is 10.9 Å². The molecule has 0 saturated heterocycles. The molecule has 0 radical (unpaired) electrons. The average molecular weight is 259 g/mol. The van der Waals surface area contributed by atoms with Gasteiger partial charge in [0, 0.05) is 13.1 Å². The first kappa shape index (κ1) is 13.6. The molecule has 1 atom stereocenters. The lowest BCUT2D eigenvalue weighted by atomic mass is 10.00. The molecule has 0 saturated carbocycles. The predicted octanol–water partition coefficient (Wildman–Crippen LogP) is 2.80. The van der Waals surface area contributed by atoms with E-state index in [4.69, 9.17) is 10.5 Å². The van der Waals surface area contributed by atoms with E-state index in [9.17, 15) is 0 Å². The lowest BCUT2D eigenvalue weighted by Crippen LogP contribution is -2.21. The maximum atomic E-state index is 6.00. The monoisotopic (exact) mass is 259 g/mol. The zero-order valence-electron chi connectivity index (χ0n) is 11.8. The number of benzene rings is 1. The van der Waals surface area contributed by atoms with Crippen molar-refractivity contribution in [2.45, 2.75) is 32.7 Å². The summed E-state index contributed by atoms with van der Waals surface area (Å²) >= 11 is 0. The van der Waals surface area contributed by atoms with Crippen molar-refractivity contribution in [3.05, 3.63) is 41.7 Å². The van der Waals surface area contributed by atoms with Crippen molar-refractivity contribution in [2.75, 3.05) is 0 Å². The molecule has 0 aliphatic carbocycles. The summed E-state index contributed by atoms with van der Waals surface area (Å²) in [6.07, 6.45) is 5.45. The summed E-state index contributed by atoms with van der Waals surface area (Å²) in [5.74, 6) is 1.58. The normalized spacial score (nSPS) is 12.4. The zero-order chi connectivity index (χ0) is 13.8. The van der Waals surface area contributed by atoms with Crippen molar-refractivity contribution in [3.8, 4) is 11.5 Å². The fourth-order valence-corrected chi connectivity index (χ4v) is 1.98. The Morgan fingerprint density at radius 1 is 1.37 bits per heavy atom. The van der Waals surface area contributed by atoms with E-state index < -0.39 is 0 Å². The van der Waals surface area contributed by atoms with E-state index in [0.717, 1.165) is 24.3 Å². The van der Waals surface area contributed by atoms with Crippen LogP contribution in [0.5, 0.6) is 11.5 Å². The second-order valence-corrected chi connectivity index (χ2v) is 4.91. The molecule has 1 heterocycles.